The number of hydrogen-bond acceptors (Lipinski definition) is 5. The largest absolute Gasteiger partial charge is 0.351 e. The zero-order valence-corrected chi connectivity index (χ0v) is 11.3. The molecule has 1 fully saturated rings. The summed E-state index contributed by atoms with van der Waals surface area (Å²) < 4.78 is 4.94. The second-order valence-corrected chi connectivity index (χ2v) is 5.00. The molecule has 6 nitrogen and oxygen atoms in total. The monoisotopic (exact) mass is 272 g/mol. The lowest BCUT2D eigenvalue weighted by Crippen LogP contribution is -2.39. The van der Waals surface area contributed by atoms with Gasteiger partial charge in [0, 0.05) is 37.0 Å². The maximum Gasteiger partial charge on any atom is 0.292 e. The highest BCUT2D eigenvalue weighted by molar-refractivity contribution is 5.91. The van der Waals surface area contributed by atoms with Crippen molar-refractivity contribution in [3.05, 3.63) is 41.8 Å². The molecule has 1 aliphatic rings. The topological polar surface area (TPSA) is 72.1 Å². The van der Waals surface area contributed by atoms with E-state index in [0.29, 0.717) is 12.3 Å². The predicted octanol–water partition coefficient (Wildman–Crippen LogP) is 1.79. The van der Waals surface area contributed by atoms with E-state index in [0.717, 1.165) is 30.9 Å². The first-order valence-electron chi connectivity index (χ1n) is 6.73. The van der Waals surface area contributed by atoms with Gasteiger partial charge in [0.2, 0.25) is 5.76 Å². The molecule has 1 amide bonds. The Morgan fingerprint density at radius 3 is 3.05 bits per heavy atom. The molecule has 0 aromatic carbocycles. The van der Waals surface area contributed by atoms with E-state index >= 15 is 0 Å². The van der Waals surface area contributed by atoms with Gasteiger partial charge < -0.3 is 9.42 Å². The molecule has 104 valence electrons. The molecule has 20 heavy (non-hydrogen) atoms. The van der Waals surface area contributed by atoms with Crippen LogP contribution in [-0.2, 0) is 0 Å². The van der Waals surface area contributed by atoms with Crippen molar-refractivity contribution in [2.24, 2.45) is 0 Å². The SMILES string of the molecule is Cc1nccc([C@H]2CCCN(C(=O)c3ccno3)C2)n1. The molecule has 2 aromatic heterocycles. The zero-order chi connectivity index (χ0) is 13.9. The Morgan fingerprint density at radius 2 is 2.30 bits per heavy atom. The number of carbonyl (C=O) groups excluding carboxylic acids is 1. The molecule has 0 bridgehead atoms. The molecule has 0 aliphatic carbocycles. The van der Waals surface area contributed by atoms with Crippen LogP contribution < -0.4 is 0 Å². The Balaban J connectivity index is 1.75. The number of piperidine rings is 1. The van der Waals surface area contributed by atoms with Crippen LogP contribution in [0.3, 0.4) is 0 Å². The number of aryl methyl sites for hydroxylation is 1. The van der Waals surface area contributed by atoms with Crippen molar-refractivity contribution in [3.63, 3.8) is 0 Å². The van der Waals surface area contributed by atoms with Gasteiger partial charge in [-0.1, -0.05) is 5.16 Å². The number of likely N-dealkylation sites (tertiary alicyclic amines) is 1. The minimum absolute atomic E-state index is 0.0991. The highest BCUT2D eigenvalue weighted by Gasteiger charge is 2.27. The average Bonchev–Trinajstić information content (AvgIpc) is 3.01. The molecule has 3 rings (SSSR count). The average molecular weight is 272 g/mol. The third-order valence-electron chi connectivity index (χ3n) is 3.57. The Morgan fingerprint density at radius 1 is 1.40 bits per heavy atom. The van der Waals surface area contributed by atoms with Crippen molar-refractivity contribution in [3.8, 4) is 0 Å². The lowest BCUT2D eigenvalue weighted by molar-refractivity contribution is 0.0664. The van der Waals surface area contributed by atoms with Crippen molar-refractivity contribution in [2.45, 2.75) is 25.7 Å². The van der Waals surface area contributed by atoms with Gasteiger partial charge in [-0.25, -0.2) is 9.97 Å². The Bertz CT molecular complexity index is 597. The first-order chi connectivity index (χ1) is 9.74. The zero-order valence-electron chi connectivity index (χ0n) is 11.3. The number of rotatable bonds is 2. The van der Waals surface area contributed by atoms with Gasteiger partial charge in [-0.2, -0.15) is 0 Å². The third kappa shape index (κ3) is 2.54. The van der Waals surface area contributed by atoms with E-state index in [-0.39, 0.29) is 11.8 Å². The van der Waals surface area contributed by atoms with Gasteiger partial charge in [0.05, 0.1) is 6.20 Å². The van der Waals surface area contributed by atoms with Crippen LogP contribution in [0.25, 0.3) is 0 Å². The molecule has 0 radical (unpaired) electrons. The summed E-state index contributed by atoms with van der Waals surface area (Å²) in [5.41, 5.74) is 1.01. The normalized spacial score (nSPS) is 19.1. The van der Waals surface area contributed by atoms with E-state index in [4.69, 9.17) is 4.52 Å². The minimum atomic E-state index is -0.0991. The summed E-state index contributed by atoms with van der Waals surface area (Å²) in [6.45, 7) is 3.29. The molecule has 0 saturated carbocycles. The minimum Gasteiger partial charge on any atom is -0.351 e. The van der Waals surface area contributed by atoms with Crippen molar-refractivity contribution >= 4 is 5.91 Å². The van der Waals surface area contributed by atoms with Gasteiger partial charge in [-0.05, 0) is 25.8 Å². The van der Waals surface area contributed by atoms with E-state index in [2.05, 4.69) is 15.1 Å². The smallest absolute Gasteiger partial charge is 0.292 e. The molecule has 0 N–H and O–H groups in total. The number of hydrogen-bond donors (Lipinski definition) is 0. The maximum absolute atomic E-state index is 12.3. The van der Waals surface area contributed by atoms with Crippen LogP contribution in [-0.4, -0.2) is 39.0 Å². The number of amides is 1. The van der Waals surface area contributed by atoms with Crippen LogP contribution in [0.15, 0.2) is 29.0 Å². The van der Waals surface area contributed by atoms with Crippen molar-refractivity contribution < 1.29 is 9.32 Å². The van der Waals surface area contributed by atoms with Crippen molar-refractivity contribution in [2.75, 3.05) is 13.1 Å². The molecule has 1 atom stereocenters. The summed E-state index contributed by atoms with van der Waals surface area (Å²) in [6.07, 6.45) is 5.27. The molecule has 6 heteroatoms. The quantitative estimate of drug-likeness (QED) is 0.833. The van der Waals surface area contributed by atoms with Crippen molar-refractivity contribution in [1.29, 1.82) is 0 Å². The maximum atomic E-state index is 12.3. The standard InChI is InChI=1S/C14H16N4O2/c1-10-15-6-4-12(17-10)11-3-2-8-18(9-11)14(19)13-5-7-16-20-13/h4-7,11H,2-3,8-9H2,1H3/t11-/m0/s1. The first-order valence-corrected chi connectivity index (χ1v) is 6.73. The second-order valence-electron chi connectivity index (χ2n) is 5.00. The lowest BCUT2D eigenvalue weighted by atomic mass is 9.94. The van der Waals surface area contributed by atoms with Gasteiger partial charge in [0.25, 0.3) is 5.91 Å². The molecule has 0 spiro atoms. The van der Waals surface area contributed by atoms with Gasteiger partial charge in [-0.3, -0.25) is 4.79 Å². The van der Waals surface area contributed by atoms with Gasteiger partial charge in [0.1, 0.15) is 5.82 Å². The molecule has 0 unspecified atom stereocenters. The molecular weight excluding hydrogens is 256 g/mol. The summed E-state index contributed by atoms with van der Waals surface area (Å²) in [5, 5.41) is 3.58. The predicted molar refractivity (Wildman–Crippen MR) is 71.2 cm³/mol. The van der Waals surface area contributed by atoms with Crippen LogP contribution in [0.1, 0.15) is 40.8 Å². The first kappa shape index (κ1) is 12.8. The fourth-order valence-corrected chi connectivity index (χ4v) is 2.59. The highest BCUT2D eigenvalue weighted by Crippen LogP contribution is 2.26. The van der Waals surface area contributed by atoms with Crippen molar-refractivity contribution in [1.82, 2.24) is 20.0 Å². The molecular formula is C14H16N4O2. The van der Waals surface area contributed by atoms with E-state index in [1.807, 2.05) is 17.9 Å². The summed E-state index contributed by atoms with van der Waals surface area (Å²) in [5.74, 6) is 1.22. The Labute approximate surface area is 116 Å². The Hall–Kier alpha value is -2.24. The lowest BCUT2D eigenvalue weighted by Gasteiger charge is -2.31. The fourth-order valence-electron chi connectivity index (χ4n) is 2.59. The third-order valence-corrected chi connectivity index (χ3v) is 3.57. The number of nitrogens with zero attached hydrogens (tertiary/aromatic N) is 4. The van der Waals surface area contributed by atoms with Gasteiger partial charge >= 0.3 is 0 Å². The van der Waals surface area contributed by atoms with E-state index in [1.54, 1.807) is 12.3 Å². The fraction of sp³-hybridized carbons (Fsp3) is 0.429. The number of aromatic nitrogens is 3. The summed E-state index contributed by atoms with van der Waals surface area (Å²) in [4.78, 5) is 22.7. The Kier molecular flexibility index (Phi) is 3.45. The van der Waals surface area contributed by atoms with Gasteiger partial charge in [-0.15, -0.1) is 0 Å². The molecule has 1 aliphatic heterocycles. The van der Waals surface area contributed by atoms with E-state index in [9.17, 15) is 4.79 Å². The van der Waals surface area contributed by atoms with Gasteiger partial charge in [0.15, 0.2) is 0 Å². The summed E-state index contributed by atoms with van der Waals surface area (Å²) in [7, 11) is 0. The molecule has 1 saturated heterocycles. The van der Waals surface area contributed by atoms with Crippen LogP contribution >= 0.6 is 0 Å². The van der Waals surface area contributed by atoms with E-state index in [1.165, 1.54) is 6.20 Å². The van der Waals surface area contributed by atoms with Crippen LogP contribution in [0, 0.1) is 6.92 Å². The second kappa shape index (κ2) is 5.40. The van der Waals surface area contributed by atoms with Crippen LogP contribution in [0.4, 0.5) is 0 Å². The summed E-state index contributed by atoms with van der Waals surface area (Å²) in [6, 6.07) is 3.53. The molecule has 2 aromatic rings. The van der Waals surface area contributed by atoms with E-state index < -0.39 is 0 Å². The van der Waals surface area contributed by atoms with Crippen LogP contribution in [0.2, 0.25) is 0 Å². The number of carbonyl (C=O) groups is 1. The highest BCUT2D eigenvalue weighted by atomic mass is 16.5. The summed E-state index contributed by atoms with van der Waals surface area (Å²) >= 11 is 0. The molecule has 3 heterocycles. The van der Waals surface area contributed by atoms with Crippen LogP contribution in [0.5, 0.6) is 0 Å².